The van der Waals surface area contributed by atoms with Crippen LogP contribution in [0.2, 0.25) is 0 Å². The second-order valence-corrected chi connectivity index (χ2v) is 8.24. The van der Waals surface area contributed by atoms with E-state index in [1.165, 1.54) is 43.0 Å². The fourth-order valence-corrected chi connectivity index (χ4v) is 4.03. The Bertz CT molecular complexity index is 1070. The van der Waals surface area contributed by atoms with Crippen LogP contribution in [0.4, 0.5) is 19.1 Å². The smallest absolute Gasteiger partial charge is 0.393 e. The first-order chi connectivity index (χ1) is 15.2. The van der Waals surface area contributed by atoms with Gasteiger partial charge in [0.05, 0.1) is 24.4 Å². The molecule has 1 fully saturated rings. The molecule has 0 saturated carbocycles. The van der Waals surface area contributed by atoms with Gasteiger partial charge in [-0.1, -0.05) is 0 Å². The third kappa shape index (κ3) is 4.57. The lowest BCUT2D eigenvalue weighted by atomic mass is 9.80. The molecule has 3 aromatic rings. The van der Waals surface area contributed by atoms with Crippen LogP contribution in [-0.2, 0) is 4.79 Å². The van der Waals surface area contributed by atoms with Crippen molar-refractivity contribution < 1.29 is 31.6 Å². The van der Waals surface area contributed by atoms with Gasteiger partial charge in [-0.25, -0.2) is 4.98 Å². The first-order valence-corrected chi connectivity index (χ1v) is 10.4. The van der Waals surface area contributed by atoms with E-state index in [1.54, 1.807) is 12.1 Å². The Morgan fingerprint density at radius 2 is 1.88 bits per heavy atom. The predicted molar refractivity (Wildman–Crippen MR) is 109 cm³/mol. The molecule has 0 bridgehead atoms. The molecule has 0 spiro atoms. The van der Waals surface area contributed by atoms with Crippen LogP contribution >= 0.6 is 15.9 Å². The predicted octanol–water partition coefficient (Wildman–Crippen LogP) is 5.05. The molecule has 11 heteroatoms. The zero-order chi connectivity index (χ0) is 22.9. The van der Waals surface area contributed by atoms with Crippen LogP contribution in [0.15, 0.2) is 68.4 Å². The molecule has 0 aliphatic carbocycles. The van der Waals surface area contributed by atoms with E-state index in [0.29, 0.717) is 4.47 Å². The molecule has 4 heterocycles. The molecule has 168 valence electrons. The van der Waals surface area contributed by atoms with Crippen molar-refractivity contribution in [3.05, 3.63) is 71.0 Å². The van der Waals surface area contributed by atoms with E-state index in [-0.39, 0.29) is 17.3 Å². The van der Waals surface area contributed by atoms with E-state index in [1.807, 2.05) is 0 Å². The second-order valence-electron chi connectivity index (χ2n) is 7.33. The molecule has 1 saturated heterocycles. The third-order valence-electron chi connectivity index (χ3n) is 5.28. The average Bonchev–Trinajstić information content (AvgIpc) is 3.46. The highest BCUT2D eigenvalue weighted by molar-refractivity contribution is 9.10. The van der Waals surface area contributed by atoms with Gasteiger partial charge in [0, 0.05) is 23.3 Å². The number of carbonyl (C=O) groups excluding carboxylic acids is 2. The number of hydrogen-bond donors (Lipinski definition) is 1. The number of halogens is 4. The van der Waals surface area contributed by atoms with Crippen molar-refractivity contribution in [1.82, 2.24) is 9.88 Å². The maximum absolute atomic E-state index is 13.8. The summed E-state index contributed by atoms with van der Waals surface area (Å²) in [5, 5.41) is 2.49. The largest absolute Gasteiger partial charge is 0.467 e. The molecule has 3 aromatic heterocycles. The van der Waals surface area contributed by atoms with Crippen LogP contribution in [0, 0.1) is 11.8 Å². The number of nitrogens with zero attached hydrogens (tertiary/aromatic N) is 2. The van der Waals surface area contributed by atoms with Crippen molar-refractivity contribution in [2.24, 2.45) is 11.8 Å². The Morgan fingerprint density at radius 3 is 2.47 bits per heavy atom. The van der Waals surface area contributed by atoms with Gasteiger partial charge in [-0.05, 0) is 52.7 Å². The highest BCUT2D eigenvalue weighted by atomic mass is 79.9. The van der Waals surface area contributed by atoms with E-state index >= 15 is 0 Å². The minimum Gasteiger partial charge on any atom is -0.467 e. The summed E-state index contributed by atoms with van der Waals surface area (Å²) >= 11 is 3.21. The molecular formula is C21H17BrF3N3O4. The van der Waals surface area contributed by atoms with Crippen molar-refractivity contribution >= 4 is 33.6 Å². The summed E-state index contributed by atoms with van der Waals surface area (Å²) in [4.78, 5) is 31.4. The van der Waals surface area contributed by atoms with Gasteiger partial charge >= 0.3 is 6.18 Å². The maximum atomic E-state index is 13.8. The van der Waals surface area contributed by atoms with Gasteiger partial charge < -0.3 is 13.7 Å². The van der Waals surface area contributed by atoms with Crippen molar-refractivity contribution in [3.8, 4) is 0 Å². The highest BCUT2D eigenvalue weighted by Gasteiger charge is 2.52. The monoisotopic (exact) mass is 511 g/mol. The number of amides is 2. The van der Waals surface area contributed by atoms with E-state index < -0.39 is 48.8 Å². The summed E-state index contributed by atoms with van der Waals surface area (Å²) < 4.78 is 52.5. The Balaban J connectivity index is 1.74. The van der Waals surface area contributed by atoms with Crippen molar-refractivity contribution in [2.75, 3.05) is 11.9 Å². The van der Waals surface area contributed by atoms with Gasteiger partial charge in [0.25, 0.3) is 5.91 Å². The number of alkyl halides is 3. The number of aromatic nitrogens is 1. The normalized spacial score (nSPS) is 21.4. The number of nitrogens with one attached hydrogen (secondary N) is 1. The zero-order valence-electron chi connectivity index (χ0n) is 16.4. The maximum Gasteiger partial charge on any atom is 0.393 e. The number of piperidine rings is 1. The Kier molecular flexibility index (Phi) is 6.09. The molecule has 7 nitrogen and oxygen atoms in total. The number of carbonyl (C=O) groups is 2. The highest BCUT2D eigenvalue weighted by Crippen LogP contribution is 2.45. The van der Waals surface area contributed by atoms with Crippen LogP contribution < -0.4 is 5.32 Å². The van der Waals surface area contributed by atoms with Gasteiger partial charge in [0.1, 0.15) is 17.5 Å². The van der Waals surface area contributed by atoms with Crippen LogP contribution in [0.25, 0.3) is 0 Å². The average molecular weight is 512 g/mol. The van der Waals surface area contributed by atoms with Crippen LogP contribution in [-0.4, -0.2) is 34.4 Å². The van der Waals surface area contributed by atoms with Crippen LogP contribution in [0.5, 0.6) is 0 Å². The molecule has 2 amide bonds. The minimum absolute atomic E-state index is 0.0437. The van der Waals surface area contributed by atoms with Crippen molar-refractivity contribution in [2.45, 2.75) is 18.6 Å². The van der Waals surface area contributed by atoms with E-state index in [0.717, 1.165) is 4.90 Å². The molecule has 1 N–H and O–H groups in total. The van der Waals surface area contributed by atoms with Crippen LogP contribution in [0.1, 0.15) is 28.7 Å². The van der Waals surface area contributed by atoms with Gasteiger partial charge in [-0.3, -0.25) is 14.9 Å². The number of rotatable bonds is 4. The van der Waals surface area contributed by atoms with E-state index in [9.17, 15) is 22.8 Å². The Morgan fingerprint density at radius 1 is 1.12 bits per heavy atom. The molecule has 4 rings (SSSR count). The molecule has 0 aromatic carbocycles. The second kappa shape index (κ2) is 8.81. The lowest BCUT2D eigenvalue weighted by Gasteiger charge is -2.43. The Labute approximate surface area is 188 Å². The summed E-state index contributed by atoms with van der Waals surface area (Å²) in [5.74, 6) is -4.29. The standard InChI is InChI=1S/C21H17BrF3N3O4/c22-13-5-6-15(26-10-13)20(30)28-11-12(21(23,24)25)9-14(18(28)16-3-1-7-31-16)19(29)27-17-4-2-8-32-17/h1-8,10,12,14,18H,9,11H2,(H,27,29). The molecule has 0 radical (unpaired) electrons. The Hall–Kier alpha value is -3.08. The summed E-state index contributed by atoms with van der Waals surface area (Å²) in [5.41, 5.74) is -0.0437. The lowest BCUT2D eigenvalue weighted by Crippen LogP contribution is -2.52. The zero-order valence-corrected chi connectivity index (χ0v) is 18.0. The molecular weight excluding hydrogens is 495 g/mol. The lowest BCUT2D eigenvalue weighted by molar-refractivity contribution is -0.194. The number of furan rings is 2. The molecule has 1 aliphatic rings. The molecule has 32 heavy (non-hydrogen) atoms. The van der Waals surface area contributed by atoms with Gasteiger partial charge in [0.2, 0.25) is 5.91 Å². The van der Waals surface area contributed by atoms with E-state index in [4.69, 9.17) is 8.83 Å². The summed E-state index contributed by atoms with van der Waals surface area (Å²) in [7, 11) is 0. The molecule has 1 aliphatic heterocycles. The van der Waals surface area contributed by atoms with Crippen molar-refractivity contribution in [3.63, 3.8) is 0 Å². The van der Waals surface area contributed by atoms with Gasteiger partial charge in [-0.2, -0.15) is 13.2 Å². The fraction of sp³-hybridized carbons (Fsp3) is 0.286. The number of likely N-dealkylation sites (tertiary alicyclic amines) is 1. The molecule has 3 unspecified atom stereocenters. The number of hydrogen-bond acceptors (Lipinski definition) is 5. The first-order valence-electron chi connectivity index (χ1n) is 9.61. The topological polar surface area (TPSA) is 88.6 Å². The quantitative estimate of drug-likeness (QED) is 0.529. The van der Waals surface area contributed by atoms with Gasteiger partial charge in [-0.15, -0.1) is 0 Å². The third-order valence-corrected chi connectivity index (χ3v) is 5.75. The summed E-state index contributed by atoms with van der Waals surface area (Å²) in [6.45, 7) is -0.629. The summed E-state index contributed by atoms with van der Waals surface area (Å²) in [6, 6.07) is 7.99. The SMILES string of the molecule is O=C(Nc1ccco1)C1CC(C(F)(F)F)CN(C(=O)c2ccc(Br)cn2)C1c1ccco1. The fourth-order valence-electron chi connectivity index (χ4n) is 3.80. The minimum atomic E-state index is -4.61. The number of anilines is 1. The van der Waals surface area contributed by atoms with Gasteiger partial charge in [0.15, 0.2) is 5.88 Å². The van der Waals surface area contributed by atoms with Crippen molar-refractivity contribution in [1.29, 1.82) is 0 Å². The van der Waals surface area contributed by atoms with Crippen LogP contribution in [0.3, 0.4) is 0 Å². The first kappa shape index (κ1) is 22.1. The van der Waals surface area contributed by atoms with E-state index in [2.05, 4.69) is 26.2 Å². The number of pyridine rings is 1. The molecule has 3 atom stereocenters. The summed E-state index contributed by atoms with van der Waals surface area (Å²) in [6.07, 6.45) is -1.08.